The number of fused-ring (bicyclic) bond motifs is 1. The summed E-state index contributed by atoms with van der Waals surface area (Å²) in [7, 11) is 0. The first-order valence-corrected chi connectivity index (χ1v) is 9.21. The summed E-state index contributed by atoms with van der Waals surface area (Å²) in [6.45, 7) is 2.75. The second kappa shape index (κ2) is 7.17. The normalized spacial score (nSPS) is 25.6. The Bertz CT molecular complexity index is 794. The molecule has 0 aromatic heterocycles. The van der Waals surface area contributed by atoms with E-state index in [1.54, 1.807) is 6.07 Å². The molecule has 0 bridgehead atoms. The van der Waals surface area contributed by atoms with Crippen LogP contribution in [-0.4, -0.2) is 29.2 Å². The highest BCUT2D eigenvalue weighted by Gasteiger charge is 2.40. The van der Waals surface area contributed by atoms with Crippen LogP contribution in [0.4, 0.5) is 13.2 Å². The number of aliphatic hydroxyl groups is 1. The van der Waals surface area contributed by atoms with E-state index in [0.29, 0.717) is 17.6 Å². The molecule has 3 nitrogen and oxygen atoms in total. The van der Waals surface area contributed by atoms with Gasteiger partial charge in [-0.2, -0.15) is 13.2 Å². The van der Waals surface area contributed by atoms with Crippen molar-refractivity contribution in [3.8, 4) is 11.5 Å². The maximum atomic E-state index is 12.8. The SMILES string of the molecule is OC1C[C@@H]2CN(Cc3cccc(Oc4cccc(C(F)(F)F)c4)c3)C[C@@H]2C1. The molecule has 0 spiro atoms. The van der Waals surface area contributed by atoms with E-state index in [0.717, 1.165) is 50.2 Å². The first-order valence-electron chi connectivity index (χ1n) is 9.21. The summed E-state index contributed by atoms with van der Waals surface area (Å²) >= 11 is 0. The number of hydrogen-bond acceptors (Lipinski definition) is 3. The average molecular weight is 377 g/mol. The maximum Gasteiger partial charge on any atom is 0.416 e. The molecule has 27 heavy (non-hydrogen) atoms. The largest absolute Gasteiger partial charge is 0.457 e. The Labute approximate surface area is 156 Å². The molecule has 1 unspecified atom stereocenters. The van der Waals surface area contributed by atoms with Crippen molar-refractivity contribution >= 4 is 0 Å². The molecule has 2 aliphatic rings. The van der Waals surface area contributed by atoms with E-state index in [9.17, 15) is 18.3 Å². The van der Waals surface area contributed by atoms with Crippen LogP contribution in [0.3, 0.4) is 0 Å². The van der Waals surface area contributed by atoms with Crippen molar-refractivity contribution in [2.75, 3.05) is 13.1 Å². The van der Waals surface area contributed by atoms with E-state index >= 15 is 0 Å². The van der Waals surface area contributed by atoms with Gasteiger partial charge in [0.05, 0.1) is 11.7 Å². The van der Waals surface area contributed by atoms with E-state index in [1.165, 1.54) is 12.1 Å². The Morgan fingerprint density at radius 1 is 0.963 bits per heavy atom. The molecular formula is C21H22F3NO2. The third kappa shape index (κ3) is 4.28. The maximum absolute atomic E-state index is 12.8. The minimum Gasteiger partial charge on any atom is -0.457 e. The van der Waals surface area contributed by atoms with Crippen LogP contribution in [-0.2, 0) is 12.7 Å². The van der Waals surface area contributed by atoms with Crippen molar-refractivity contribution in [2.24, 2.45) is 11.8 Å². The Morgan fingerprint density at radius 2 is 1.59 bits per heavy atom. The van der Waals surface area contributed by atoms with Crippen LogP contribution in [0, 0.1) is 11.8 Å². The van der Waals surface area contributed by atoms with Crippen LogP contribution >= 0.6 is 0 Å². The molecule has 1 saturated heterocycles. The average Bonchev–Trinajstić information content (AvgIpc) is 3.11. The molecule has 2 fully saturated rings. The van der Waals surface area contributed by atoms with Crippen molar-refractivity contribution in [3.63, 3.8) is 0 Å². The van der Waals surface area contributed by atoms with Crippen molar-refractivity contribution in [1.82, 2.24) is 4.90 Å². The number of aliphatic hydroxyl groups excluding tert-OH is 1. The number of nitrogens with zero attached hydrogens (tertiary/aromatic N) is 1. The number of benzene rings is 2. The van der Waals surface area contributed by atoms with E-state index in [2.05, 4.69) is 4.90 Å². The highest BCUT2D eigenvalue weighted by molar-refractivity contribution is 5.36. The monoisotopic (exact) mass is 377 g/mol. The Hall–Kier alpha value is -2.05. The minimum absolute atomic E-state index is 0.147. The molecule has 144 valence electrons. The molecule has 3 atom stereocenters. The number of halogens is 3. The third-order valence-electron chi connectivity index (χ3n) is 5.50. The predicted octanol–water partition coefficient (Wildman–Crippen LogP) is 4.70. The van der Waals surface area contributed by atoms with Gasteiger partial charge in [0.15, 0.2) is 0 Å². The molecule has 4 rings (SSSR count). The predicted molar refractivity (Wildman–Crippen MR) is 95.5 cm³/mol. The number of rotatable bonds is 4. The summed E-state index contributed by atoms with van der Waals surface area (Å²) in [6, 6.07) is 12.4. The molecule has 1 aliphatic heterocycles. The summed E-state index contributed by atoms with van der Waals surface area (Å²) in [4.78, 5) is 2.38. The first-order chi connectivity index (χ1) is 12.9. The molecule has 1 saturated carbocycles. The molecular weight excluding hydrogens is 355 g/mol. The van der Waals surface area contributed by atoms with Crippen molar-refractivity contribution in [1.29, 1.82) is 0 Å². The Balaban J connectivity index is 1.41. The smallest absolute Gasteiger partial charge is 0.416 e. The number of ether oxygens (including phenoxy) is 1. The summed E-state index contributed by atoms with van der Waals surface area (Å²) in [6.07, 6.45) is -2.76. The topological polar surface area (TPSA) is 32.7 Å². The fraction of sp³-hybridized carbons (Fsp3) is 0.429. The van der Waals surface area contributed by atoms with Crippen molar-refractivity contribution in [3.05, 3.63) is 59.7 Å². The fourth-order valence-electron chi connectivity index (χ4n) is 4.33. The fourth-order valence-corrected chi connectivity index (χ4v) is 4.33. The number of likely N-dealkylation sites (tertiary alicyclic amines) is 1. The summed E-state index contributed by atoms with van der Waals surface area (Å²) < 4.78 is 44.2. The molecule has 1 heterocycles. The summed E-state index contributed by atoms with van der Waals surface area (Å²) in [5, 5.41) is 9.75. The van der Waals surface area contributed by atoms with Gasteiger partial charge in [-0.15, -0.1) is 0 Å². The minimum atomic E-state index is -4.39. The molecule has 0 radical (unpaired) electrons. The molecule has 0 amide bonds. The Kier molecular flexibility index (Phi) is 4.86. The molecule has 1 N–H and O–H groups in total. The number of hydrogen-bond donors (Lipinski definition) is 1. The van der Waals surface area contributed by atoms with Gasteiger partial charge in [-0.05, 0) is 60.6 Å². The number of alkyl halides is 3. The van der Waals surface area contributed by atoms with Gasteiger partial charge in [0.25, 0.3) is 0 Å². The second-order valence-electron chi connectivity index (χ2n) is 7.61. The van der Waals surface area contributed by atoms with Crippen LogP contribution in [0.1, 0.15) is 24.0 Å². The van der Waals surface area contributed by atoms with Gasteiger partial charge in [-0.1, -0.05) is 18.2 Å². The van der Waals surface area contributed by atoms with E-state index in [4.69, 9.17) is 4.74 Å². The van der Waals surface area contributed by atoms with Crippen LogP contribution in [0.5, 0.6) is 11.5 Å². The zero-order chi connectivity index (χ0) is 19.0. The van der Waals surface area contributed by atoms with Gasteiger partial charge in [0.2, 0.25) is 0 Å². The summed E-state index contributed by atoms with van der Waals surface area (Å²) in [5.41, 5.74) is 0.349. The molecule has 6 heteroatoms. The van der Waals surface area contributed by atoms with Gasteiger partial charge in [-0.3, -0.25) is 4.90 Å². The highest BCUT2D eigenvalue weighted by Crippen LogP contribution is 2.38. The zero-order valence-corrected chi connectivity index (χ0v) is 14.8. The van der Waals surface area contributed by atoms with E-state index in [-0.39, 0.29) is 11.9 Å². The Morgan fingerprint density at radius 3 is 2.26 bits per heavy atom. The lowest BCUT2D eigenvalue weighted by molar-refractivity contribution is -0.137. The van der Waals surface area contributed by atoms with Gasteiger partial charge in [0.1, 0.15) is 11.5 Å². The van der Waals surface area contributed by atoms with Crippen LogP contribution < -0.4 is 4.74 Å². The van der Waals surface area contributed by atoms with Gasteiger partial charge in [0, 0.05) is 19.6 Å². The highest BCUT2D eigenvalue weighted by atomic mass is 19.4. The van der Waals surface area contributed by atoms with Crippen LogP contribution in [0.25, 0.3) is 0 Å². The van der Waals surface area contributed by atoms with Gasteiger partial charge in [-0.25, -0.2) is 0 Å². The molecule has 2 aromatic rings. The lowest BCUT2D eigenvalue weighted by atomic mass is 10.0. The quantitative estimate of drug-likeness (QED) is 0.838. The van der Waals surface area contributed by atoms with E-state index < -0.39 is 11.7 Å². The second-order valence-corrected chi connectivity index (χ2v) is 7.61. The lowest BCUT2D eigenvalue weighted by Gasteiger charge is -2.18. The van der Waals surface area contributed by atoms with Gasteiger partial charge < -0.3 is 9.84 Å². The zero-order valence-electron chi connectivity index (χ0n) is 14.8. The molecule has 1 aliphatic carbocycles. The van der Waals surface area contributed by atoms with Gasteiger partial charge >= 0.3 is 6.18 Å². The van der Waals surface area contributed by atoms with Crippen molar-refractivity contribution < 1.29 is 23.0 Å². The van der Waals surface area contributed by atoms with Crippen molar-refractivity contribution in [2.45, 2.75) is 31.7 Å². The first kappa shape index (κ1) is 18.3. The third-order valence-corrected chi connectivity index (χ3v) is 5.50. The lowest BCUT2D eigenvalue weighted by Crippen LogP contribution is -2.22. The van der Waals surface area contributed by atoms with Crippen LogP contribution in [0.2, 0.25) is 0 Å². The standard InChI is InChI=1S/C21H22F3NO2/c22-21(23,24)17-4-2-6-20(10-17)27-19-5-1-3-14(7-19)11-25-12-15-8-18(26)9-16(15)13-25/h1-7,10,15-16,18,26H,8-9,11-13H2/t15-,16+,18?. The molecule has 2 aromatic carbocycles. The summed E-state index contributed by atoms with van der Waals surface area (Å²) in [5.74, 6) is 1.85. The van der Waals surface area contributed by atoms with E-state index in [1.807, 2.05) is 18.2 Å². The van der Waals surface area contributed by atoms with Crippen LogP contribution in [0.15, 0.2) is 48.5 Å².